The number of benzene rings is 1. The Morgan fingerprint density at radius 3 is 2.38 bits per heavy atom. The molecule has 0 spiro atoms. The molecule has 2 rings (SSSR count). The van der Waals surface area contributed by atoms with Crippen LogP contribution in [0.5, 0.6) is 0 Å². The summed E-state index contributed by atoms with van der Waals surface area (Å²) >= 11 is 0. The molecular formula is C14H16FN2O3S+. The molecule has 7 heteroatoms. The molecule has 1 heterocycles. The second kappa shape index (κ2) is 6.26. The zero-order chi connectivity index (χ0) is 15.6. The van der Waals surface area contributed by atoms with Gasteiger partial charge in [0.05, 0.1) is 5.69 Å². The number of hydrogen-bond acceptors (Lipinski definition) is 3. The number of nitrogens with one attached hydrogen (secondary N) is 1. The molecule has 1 fully saturated rings. The number of para-hydroxylation sites is 1. The number of anilines is 1. The number of hydrogen-bond donors (Lipinski definition) is 1. The average molecular weight is 311 g/mol. The molecule has 4 amide bonds. The smallest absolute Gasteiger partial charge is 0.272 e. The largest absolute Gasteiger partial charge is 0.335 e. The van der Waals surface area contributed by atoms with Gasteiger partial charge in [-0.25, -0.2) is 14.1 Å². The summed E-state index contributed by atoms with van der Waals surface area (Å²) in [5, 5.41) is 1.22. The second-order valence-electron chi connectivity index (χ2n) is 4.41. The molecule has 1 saturated heterocycles. The number of barbiturate groups is 1. The fourth-order valence-corrected chi connectivity index (χ4v) is 4.08. The van der Waals surface area contributed by atoms with E-state index in [2.05, 4.69) is 5.32 Å². The van der Waals surface area contributed by atoms with Crippen LogP contribution in [0.3, 0.4) is 0 Å². The number of nitrogens with zero attached hydrogens (tertiary/aromatic N) is 1. The van der Waals surface area contributed by atoms with Crippen LogP contribution >= 0.6 is 0 Å². The molecule has 1 aromatic carbocycles. The van der Waals surface area contributed by atoms with Gasteiger partial charge in [-0.3, -0.25) is 14.9 Å². The lowest BCUT2D eigenvalue weighted by molar-refractivity contribution is -0.127. The molecule has 0 aliphatic carbocycles. The predicted molar refractivity (Wildman–Crippen MR) is 79.7 cm³/mol. The summed E-state index contributed by atoms with van der Waals surface area (Å²) in [6.07, 6.45) is 0. The molecular weight excluding hydrogens is 295 g/mol. The minimum absolute atomic E-state index is 0.131. The van der Waals surface area contributed by atoms with Crippen LogP contribution in [-0.2, 0) is 20.5 Å². The Labute approximate surface area is 124 Å². The number of carbonyl (C=O) groups is 3. The number of amides is 4. The van der Waals surface area contributed by atoms with E-state index in [0.29, 0.717) is 11.5 Å². The zero-order valence-electron chi connectivity index (χ0n) is 11.8. The highest BCUT2D eigenvalue weighted by atomic mass is 32.2. The molecule has 112 valence electrons. The molecule has 1 aromatic rings. The summed E-state index contributed by atoms with van der Waals surface area (Å²) in [4.78, 5) is 37.2. The first-order chi connectivity index (χ1) is 10.0. The Hall–Kier alpha value is -1.89. The molecule has 5 nitrogen and oxygen atoms in total. The lowest BCUT2D eigenvalue weighted by Crippen LogP contribution is -2.63. The Balaban J connectivity index is 2.42. The third-order valence-corrected chi connectivity index (χ3v) is 5.85. The summed E-state index contributed by atoms with van der Waals surface area (Å²) in [6, 6.07) is 4.61. The molecule has 1 atom stereocenters. The number of carbonyl (C=O) groups excluding carboxylic acids is 3. The van der Waals surface area contributed by atoms with Crippen molar-refractivity contribution in [2.24, 2.45) is 0 Å². The standard InChI is InChI=1S/C14H15FN2O3S/c1-3-21(4-2)11-12(18)16-14(20)17(13(11)19)10-8-6-5-7-9(10)15/h5-8,11H,3-4H2,1-2H3/p+1. The van der Waals surface area contributed by atoms with E-state index in [-0.39, 0.29) is 5.69 Å². The van der Waals surface area contributed by atoms with Gasteiger partial charge in [-0.2, -0.15) is 0 Å². The van der Waals surface area contributed by atoms with Crippen LogP contribution in [0, 0.1) is 5.82 Å². The maximum absolute atomic E-state index is 13.9. The minimum Gasteiger partial charge on any atom is -0.272 e. The molecule has 21 heavy (non-hydrogen) atoms. The number of rotatable bonds is 4. The summed E-state index contributed by atoms with van der Waals surface area (Å²) in [7, 11) is -0.479. The van der Waals surface area contributed by atoms with Crippen LogP contribution < -0.4 is 10.2 Å². The molecule has 0 saturated carbocycles. The van der Waals surface area contributed by atoms with Crippen molar-refractivity contribution in [3.05, 3.63) is 30.1 Å². The number of halogens is 1. The van der Waals surface area contributed by atoms with E-state index < -0.39 is 39.8 Å². The molecule has 1 N–H and O–H groups in total. The van der Waals surface area contributed by atoms with Gasteiger partial charge in [-0.1, -0.05) is 12.1 Å². The van der Waals surface area contributed by atoms with Crippen LogP contribution in [0.2, 0.25) is 0 Å². The highest BCUT2D eigenvalue weighted by Crippen LogP contribution is 2.24. The van der Waals surface area contributed by atoms with Gasteiger partial charge in [0.25, 0.3) is 17.1 Å². The molecule has 0 bridgehead atoms. The van der Waals surface area contributed by atoms with Crippen molar-refractivity contribution >= 4 is 34.4 Å². The topological polar surface area (TPSA) is 66.5 Å². The fraction of sp³-hybridized carbons (Fsp3) is 0.357. The van der Waals surface area contributed by atoms with Gasteiger partial charge in [0.15, 0.2) is 0 Å². The van der Waals surface area contributed by atoms with Crippen molar-refractivity contribution in [2.75, 3.05) is 16.4 Å². The summed E-state index contributed by atoms with van der Waals surface area (Å²) in [5.41, 5.74) is -0.131. The van der Waals surface area contributed by atoms with Crippen molar-refractivity contribution < 1.29 is 18.8 Å². The number of imide groups is 2. The highest BCUT2D eigenvalue weighted by Gasteiger charge is 2.50. The van der Waals surface area contributed by atoms with Crippen molar-refractivity contribution in [3.8, 4) is 0 Å². The first kappa shape index (κ1) is 15.5. The first-order valence-electron chi connectivity index (χ1n) is 6.60. The van der Waals surface area contributed by atoms with Crippen LogP contribution in [0.1, 0.15) is 13.8 Å². The van der Waals surface area contributed by atoms with E-state index in [1.165, 1.54) is 24.3 Å². The van der Waals surface area contributed by atoms with Crippen molar-refractivity contribution in [2.45, 2.75) is 19.1 Å². The van der Waals surface area contributed by atoms with Gasteiger partial charge < -0.3 is 0 Å². The van der Waals surface area contributed by atoms with Crippen LogP contribution in [-0.4, -0.2) is 34.6 Å². The fourth-order valence-electron chi connectivity index (χ4n) is 2.25. The Morgan fingerprint density at radius 2 is 1.81 bits per heavy atom. The Kier molecular flexibility index (Phi) is 4.62. The minimum atomic E-state index is -0.933. The predicted octanol–water partition coefficient (Wildman–Crippen LogP) is 1.44. The van der Waals surface area contributed by atoms with Crippen molar-refractivity contribution in [1.82, 2.24) is 5.32 Å². The lowest BCUT2D eigenvalue weighted by atomic mass is 10.2. The third-order valence-electron chi connectivity index (χ3n) is 3.28. The normalized spacial score (nSPS) is 19.1. The van der Waals surface area contributed by atoms with Gasteiger partial charge in [-0.15, -0.1) is 0 Å². The third kappa shape index (κ3) is 2.78. The lowest BCUT2D eigenvalue weighted by Gasteiger charge is -2.29. The van der Waals surface area contributed by atoms with E-state index in [1.807, 2.05) is 13.8 Å². The van der Waals surface area contributed by atoms with Gasteiger partial charge >= 0.3 is 6.03 Å². The maximum atomic E-state index is 13.9. The van der Waals surface area contributed by atoms with E-state index in [4.69, 9.17) is 0 Å². The number of urea groups is 1. The Morgan fingerprint density at radius 1 is 1.19 bits per heavy atom. The van der Waals surface area contributed by atoms with Gasteiger partial charge in [0, 0.05) is 10.9 Å². The van der Waals surface area contributed by atoms with Crippen LogP contribution in [0.15, 0.2) is 24.3 Å². The SMILES string of the molecule is CC[S+](CC)C1C(=O)NC(=O)N(c2ccccc2F)C1=O. The Bertz CT molecular complexity index is 589. The van der Waals surface area contributed by atoms with E-state index in [0.717, 1.165) is 4.90 Å². The van der Waals surface area contributed by atoms with E-state index in [9.17, 15) is 18.8 Å². The van der Waals surface area contributed by atoms with Gasteiger partial charge in [0.2, 0.25) is 0 Å². The van der Waals surface area contributed by atoms with Crippen LogP contribution in [0.4, 0.5) is 14.9 Å². The van der Waals surface area contributed by atoms with Gasteiger partial charge in [-0.05, 0) is 26.0 Å². The summed E-state index contributed by atoms with van der Waals surface area (Å²) < 4.78 is 13.9. The highest BCUT2D eigenvalue weighted by molar-refractivity contribution is 7.98. The molecule has 1 aliphatic rings. The van der Waals surface area contributed by atoms with E-state index in [1.54, 1.807) is 0 Å². The van der Waals surface area contributed by atoms with Crippen molar-refractivity contribution in [1.29, 1.82) is 0 Å². The average Bonchev–Trinajstić information content (AvgIpc) is 2.45. The monoisotopic (exact) mass is 311 g/mol. The summed E-state index contributed by atoms with van der Waals surface area (Å²) in [6.45, 7) is 3.77. The second-order valence-corrected chi connectivity index (χ2v) is 7.12. The molecule has 1 unspecified atom stereocenters. The van der Waals surface area contributed by atoms with Crippen molar-refractivity contribution in [3.63, 3.8) is 0 Å². The zero-order valence-corrected chi connectivity index (χ0v) is 12.6. The van der Waals surface area contributed by atoms with Crippen LogP contribution in [0.25, 0.3) is 0 Å². The summed E-state index contributed by atoms with van der Waals surface area (Å²) in [5.74, 6) is -0.619. The maximum Gasteiger partial charge on any atom is 0.335 e. The molecule has 0 radical (unpaired) electrons. The first-order valence-corrected chi connectivity index (χ1v) is 8.23. The van der Waals surface area contributed by atoms with E-state index >= 15 is 0 Å². The molecule has 0 aromatic heterocycles. The van der Waals surface area contributed by atoms with Gasteiger partial charge in [0.1, 0.15) is 17.3 Å². The molecule has 1 aliphatic heterocycles. The quantitative estimate of drug-likeness (QED) is 0.676.